The Morgan fingerprint density at radius 3 is 1.19 bits per heavy atom. The van der Waals surface area contributed by atoms with Crippen LogP contribution in [0.2, 0.25) is 0 Å². The van der Waals surface area contributed by atoms with Gasteiger partial charge >= 0.3 is 41.7 Å². The van der Waals surface area contributed by atoms with Crippen LogP contribution in [0.4, 0.5) is 65.9 Å². The van der Waals surface area contributed by atoms with Crippen LogP contribution in [0, 0.1) is 0 Å². The van der Waals surface area contributed by atoms with Gasteiger partial charge in [0, 0.05) is 13.0 Å². The second kappa shape index (κ2) is 6.73. The summed E-state index contributed by atoms with van der Waals surface area (Å²) in [6, 6.07) is 0. The van der Waals surface area contributed by atoms with Gasteiger partial charge in [-0.2, -0.15) is 61.5 Å². The first kappa shape index (κ1) is 25.9. The zero-order valence-electron chi connectivity index (χ0n) is 12.2. The minimum atomic E-state index is -8.45. The van der Waals surface area contributed by atoms with Crippen molar-refractivity contribution in [2.75, 3.05) is 6.54 Å². The van der Waals surface area contributed by atoms with E-state index in [4.69, 9.17) is 5.11 Å². The van der Waals surface area contributed by atoms with E-state index in [1.807, 2.05) is 0 Å². The fourth-order valence-electron chi connectivity index (χ4n) is 1.67. The molecule has 0 aliphatic heterocycles. The minimum absolute atomic E-state index is 1.36. The van der Waals surface area contributed by atoms with Crippen LogP contribution in [0.1, 0.15) is 6.42 Å². The fourth-order valence-corrected chi connectivity index (χ4v) is 1.67. The Hall–Kier alpha value is -1.13. The molecule has 0 aromatic carbocycles. The quantitative estimate of drug-likeness (QED) is 0.583. The van der Waals surface area contributed by atoms with E-state index in [0.717, 1.165) is 0 Å². The van der Waals surface area contributed by atoms with Crippen molar-refractivity contribution in [3.63, 3.8) is 0 Å². The lowest BCUT2D eigenvalue weighted by atomic mass is 9.85. The Balaban J connectivity index is 6.60. The average Bonchev–Trinajstić information content (AvgIpc) is 2.42. The molecule has 0 radical (unpaired) electrons. The van der Waals surface area contributed by atoms with Crippen molar-refractivity contribution in [3.05, 3.63) is 0 Å². The molecule has 0 unspecified atom stereocenters. The molecule has 164 valence electrons. The van der Waals surface area contributed by atoms with E-state index in [-0.39, 0.29) is 0 Å². The highest BCUT2D eigenvalue weighted by atomic mass is 19.4. The number of nitrogens with two attached hydrogens (primary N) is 1. The molecule has 0 saturated heterocycles. The van der Waals surface area contributed by atoms with Crippen LogP contribution >= 0.6 is 0 Å². The molecule has 27 heavy (non-hydrogen) atoms. The molecule has 0 amide bonds. The maximum Gasteiger partial charge on any atom is 0.438 e. The molecule has 0 aliphatic rings. The summed E-state index contributed by atoms with van der Waals surface area (Å²) >= 11 is 0. The highest BCUT2D eigenvalue weighted by molar-refractivity contribution is 5.16. The third-order valence-electron chi connectivity index (χ3n) is 3.23. The Labute approximate surface area is 139 Å². The van der Waals surface area contributed by atoms with Crippen molar-refractivity contribution in [1.82, 2.24) is 0 Å². The van der Waals surface area contributed by atoms with Gasteiger partial charge in [-0.3, -0.25) is 0 Å². The zero-order valence-corrected chi connectivity index (χ0v) is 12.2. The van der Waals surface area contributed by atoms with Crippen molar-refractivity contribution in [2.24, 2.45) is 5.73 Å². The van der Waals surface area contributed by atoms with Gasteiger partial charge in [0.05, 0.1) is 6.10 Å². The van der Waals surface area contributed by atoms with Crippen molar-refractivity contribution >= 4 is 0 Å². The summed E-state index contributed by atoms with van der Waals surface area (Å²) in [4.78, 5) is 0. The second-order valence-corrected chi connectivity index (χ2v) is 5.18. The number of aliphatic hydroxyl groups is 1. The van der Waals surface area contributed by atoms with E-state index in [2.05, 4.69) is 5.73 Å². The number of aliphatic hydroxyl groups excluding tert-OH is 1. The lowest BCUT2D eigenvalue weighted by Gasteiger charge is -2.43. The van der Waals surface area contributed by atoms with Gasteiger partial charge in [0.2, 0.25) is 0 Å². The Morgan fingerprint density at radius 1 is 0.593 bits per heavy atom. The third-order valence-corrected chi connectivity index (χ3v) is 3.23. The van der Waals surface area contributed by atoms with Gasteiger partial charge < -0.3 is 10.8 Å². The molecule has 0 bridgehead atoms. The van der Waals surface area contributed by atoms with Gasteiger partial charge in [0.1, 0.15) is 0 Å². The molecular formula is C10H8F15NO. The Bertz CT molecular complexity index is 508. The first-order chi connectivity index (χ1) is 11.5. The molecule has 17 heteroatoms. The van der Waals surface area contributed by atoms with Crippen LogP contribution in [0.25, 0.3) is 0 Å². The molecule has 1 atom stereocenters. The molecule has 0 rings (SSSR count). The van der Waals surface area contributed by atoms with Crippen molar-refractivity contribution in [3.8, 4) is 0 Å². The van der Waals surface area contributed by atoms with Crippen molar-refractivity contribution < 1.29 is 71.0 Å². The van der Waals surface area contributed by atoms with Crippen LogP contribution < -0.4 is 5.73 Å². The maximum absolute atomic E-state index is 13.3. The van der Waals surface area contributed by atoms with Crippen LogP contribution in [-0.2, 0) is 0 Å². The van der Waals surface area contributed by atoms with Gasteiger partial charge in [0.25, 0.3) is 0 Å². The topological polar surface area (TPSA) is 46.2 Å². The molecule has 3 N–H and O–H groups in total. The monoisotopic (exact) mass is 443 g/mol. The van der Waals surface area contributed by atoms with E-state index in [1.165, 1.54) is 0 Å². The van der Waals surface area contributed by atoms with E-state index < -0.39 is 60.8 Å². The molecule has 0 aromatic rings. The summed E-state index contributed by atoms with van der Waals surface area (Å²) in [6.45, 7) is -1.36. The first-order valence-electron chi connectivity index (χ1n) is 6.17. The molecule has 0 saturated carbocycles. The highest BCUT2D eigenvalue weighted by Gasteiger charge is 2.95. The Morgan fingerprint density at radius 2 is 0.926 bits per heavy atom. The second-order valence-electron chi connectivity index (χ2n) is 5.18. The molecule has 0 fully saturated rings. The maximum atomic E-state index is 13.3. The van der Waals surface area contributed by atoms with E-state index in [1.54, 1.807) is 0 Å². The predicted molar refractivity (Wildman–Crippen MR) is 55.4 cm³/mol. The molecule has 0 aromatic heterocycles. The number of hydrogen-bond donors (Lipinski definition) is 2. The Kier molecular flexibility index (Phi) is 6.45. The van der Waals surface area contributed by atoms with Crippen molar-refractivity contribution in [2.45, 2.75) is 54.2 Å². The normalized spacial score (nSPS) is 17.2. The largest absolute Gasteiger partial charge is 0.438 e. The number of halogens is 15. The summed E-state index contributed by atoms with van der Waals surface area (Å²) in [7, 11) is 0. The average molecular weight is 443 g/mol. The van der Waals surface area contributed by atoms with E-state index in [9.17, 15) is 65.9 Å². The number of rotatable bonds is 7. The SMILES string of the molecule is NC[C@H](O)CC(F)(F)C(F)(F)C(F)(F)C(F)(F)C(F)(C(F)(F)F)C(F)(F)F. The summed E-state index contributed by atoms with van der Waals surface area (Å²) in [5.74, 6) is -30.9. The summed E-state index contributed by atoms with van der Waals surface area (Å²) in [6.07, 6.45) is -21.6. The van der Waals surface area contributed by atoms with Crippen molar-refractivity contribution in [1.29, 1.82) is 0 Å². The molecular weight excluding hydrogens is 435 g/mol. The molecule has 0 aliphatic carbocycles. The zero-order chi connectivity index (χ0) is 22.5. The predicted octanol–water partition coefficient (Wildman–Crippen LogP) is 4.07. The lowest BCUT2D eigenvalue weighted by Crippen LogP contribution is -2.75. The number of alkyl halides is 15. The van der Waals surface area contributed by atoms with Gasteiger partial charge in [-0.15, -0.1) is 0 Å². The minimum Gasteiger partial charge on any atom is -0.392 e. The molecule has 0 heterocycles. The van der Waals surface area contributed by atoms with Crippen LogP contribution in [0.15, 0.2) is 0 Å². The van der Waals surface area contributed by atoms with Crippen LogP contribution in [0.5, 0.6) is 0 Å². The highest BCUT2D eigenvalue weighted by Crippen LogP contribution is 2.64. The smallest absolute Gasteiger partial charge is 0.392 e. The van der Waals surface area contributed by atoms with Gasteiger partial charge in [-0.1, -0.05) is 0 Å². The van der Waals surface area contributed by atoms with E-state index >= 15 is 0 Å². The van der Waals surface area contributed by atoms with Gasteiger partial charge in [-0.25, -0.2) is 4.39 Å². The van der Waals surface area contributed by atoms with Gasteiger partial charge in [-0.05, 0) is 0 Å². The fraction of sp³-hybridized carbons (Fsp3) is 1.00. The lowest BCUT2D eigenvalue weighted by molar-refractivity contribution is -0.457. The standard InChI is InChI=1S/C10H8F15NO/c11-4(12,1-3(27)2-26)6(14,15)8(18,19)7(16,17)5(13,9(20,21)22)10(23,24)25/h3,27H,1-2,26H2/t3-/m1/s1. The molecule has 0 spiro atoms. The number of hydrogen-bond acceptors (Lipinski definition) is 2. The summed E-state index contributed by atoms with van der Waals surface area (Å²) < 4.78 is 192. The van der Waals surface area contributed by atoms with Crippen LogP contribution in [0.3, 0.4) is 0 Å². The summed E-state index contributed by atoms with van der Waals surface area (Å²) in [5.41, 5.74) is -3.84. The van der Waals surface area contributed by atoms with Gasteiger partial charge in [0.15, 0.2) is 0 Å². The summed E-state index contributed by atoms with van der Waals surface area (Å²) in [5, 5.41) is 8.64. The third kappa shape index (κ3) is 3.63. The molecule has 2 nitrogen and oxygen atoms in total. The van der Waals surface area contributed by atoms with Crippen LogP contribution in [-0.4, -0.2) is 59.5 Å². The van der Waals surface area contributed by atoms with E-state index in [0.29, 0.717) is 0 Å². The first-order valence-corrected chi connectivity index (χ1v) is 6.17.